The van der Waals surface area contributed by atoms with Crippen molar-refractivity contribution in [1.29, 1.82) is 0 Å². The molecule has 0 aliphatic heterocycles. The number of hydrogen-bond donors (Lipinski definition) is 0. The smallest absolute Gasteiger partial charge is 0.298 e. The third-order valence-electron chi connectivity index (χ3n) is 4.38. The Labute approximate surface area is 129 Å². The van der Waals surface area contributed by atoms with Crippen LogP contribution in [0.2, 0.25) is 0 Å². The quantitative estimate of drug-likeness (QED) is 0.782. The number of rotatable bonds is 3. The maximum atomic E-state index is 12.2. The first-order valence-corrected chi connectivity index (χ1v) is 8.17. The second kappa shape index (κ2) is 5.54. The van der Waals surface area contributed by atoms with Gasteiger partial charge in [0.2, 0.25) is 0 Å². The van der Waals surface area contributed by atoms with Gasteiger partial charge in [-0.1, -0.05) is 31.0 Å². The maximum absolute atomic E-state index is 12.2. The normalized spacial score (nSPS) is 21.5. The summed E-state index contributed by atoms with van der Waals surface area (Å²) in [5.41, 5.74) is 1.28. The van der Waals surface area contributed by atoms with Crippen LogP contribution >= 0.6 is 11.3 Å². The Morgan fingerprint density at radius 2 is 2.14 bits per heavy atom. The number of amides is 1. The number of nitrogens with zero attached hydrogens (tertiary/aromatic N) is 1. The molecule has 2 nitrogen and oxygen atoms in total. The van der Waals surface area contributed by atoms with Crippen molar-refractivity contribution in [3.63, 3.8) is 0 Å². The van der Waals surface area contributed by atoms with Gasteiger partial charge in [0.1, 0.15) is 0 Å². The molecule has 3 rings (SSSR count). The predicted molar refractivity (Wildman–Crippen MR) is 88.1 cm³/mol. The van der Waals surface area contributed by atoms with Crippen molar-refractivity contribution in [3.8, 4) is 11.8 Å². The van der Waals surface area contributed by atoms with Crippen molar-refractivity contribution in [2.24, 2.45) is 11.8 Å². The lowest BCUT2D eigenvalue weighted by atomic mass is 9.99. The first kappa shape index (κ1) is 14.2. The van der Waals surface area contributed by atoms with E-state index < -0.39 is 0 Å². The SMILES string of the molecule is CC#CC(=O)N(C)C(c1csc2ccccc12)C1CC1C. The summed E-state index contributed by atoms with van der Waals surface area (Å²) >= 11 is 1.76. The van der Waals surface area contributed by atoms with Crippen LogP contribution in [0.25, 0.3) is 10.1 Å². The highest BCUT2D eigenvalue weighted by atomic mass is 32.1. The molecule has 1 aliphatic carbocycles. The number of benzene rings is 1. The zero-order chi connectivity index (χ0) is 15.0. The van der Waals surface area contributed by atoms with Crippen molar-refractivity contribution >= 4 is 27.3 Å². The molecule has 1 aliphatic rings. The third-order valence-corrected chi connectivity index (χ3v) is 5.36. The van der Waals surface area contributed by atoms with E-state index in [2.05, 4.69) is 48.4 Å². The lowest BCUT2D eigenvalue weighted by Crippen LogP contribution is -2.31. The van der Waals surface area contributed by atoms with E-state index in [4.69, 9.17) is 0 Å². The molecule has 1 heterocycles. The Bertz CT molecular complexity index is 736. The van der Waals surface area contributed by atoms with Crippen molar-refractivity contribution in [2.75, 3.05) is 7.05 Å². The van der Waals surface area contributed by atoms with E-state index in [0.717, 1.165) is 0 Å². The van der Waals surface area contributed by atoms with Crippen molar-refractivity contribution in [3.05, 3.63) is 35.2 Å². The number of carbonyl (C=O) groups excluding carboxylic acids is 1. The maximum Gasteiger partial charge on any atom is 0.298 e. The fraction of sp³-hybridized carbons (Fsp3) is 0.389. The van der Waals surface area contributed by atoms with E-state index in [1.165, 1.54) is 22.1 Å². The average Bonchev–Trinajstić information content (AvgIpc) is 3.04. The summed E-state index contributed by atoms with van der Waals surface area (Å²) in [6, 6.07) is 8.58. The van der Waals surface area contributed by atoms with Gasteiger partial charge in [0, 0.05) is 11.7 Å². The third kappa shape index (κ3) is 2.56. The highest BCUT2D eigenvalue weighted by Gasteiger charge is 2.43. The van der Waals surface area contributed by atoms with Crippen LogP contribution in [0.15, 0.2) is 29.6 Å². The molecule has 3 unspecified atom stereocenters. The molecule has 1 amide bonds. The number of thiophene rings is 1. The van der Waals surface area contributed by atoms with Gasteiger partial charge in [-0.05, 0) is 53.5 Å². The summed E-state index contributed by atoms with van der Waals surface area (Å²) in [5, 5.41) is 3.49. The molecule has 0 N–H and O–H groups in total. The Hall–Kier alpha value is -1.79. The van der Waals surface area contributed by atoms with Gasteiger partial charge in [-0.15, -0.1) is 11.3 Å². The molecular formula is C18H19NOS. The fourth-order valence-electron chi connectivity index (χ4n) is 3.07. The highest BCUT2D eigenvalue weighted by Crippen LogP contribution is 2.51. The first-order valence-electron chi connectivity index (χ1n) is 7.29. The number of carbonyl (C=O) groups is 1. The van der Waals surface area contributed by atoms with Gasteiger partial charge < -0.3 is 4.90 Å². The van der Waals surface area contributed by atoms with Crippen molar-refractivity contribution in [1.82, 2.24) is 4.90 Å². The van der Waals surface area contributed by atoms with Gasteiger partial charge in [0.25, 0.3) is 5.91 Å². The van der Waals surface area contributed by atoms with Crippen LogP contribution < -0.4 is 0 Å². The molecule has 1 saturated carbocycles. The average molecular weight is 297 g/mol. The van der Waals surface area contributed by atoms with Crippen LogP contribution in [0.4, 0.5) is 0 Å². The zero-order valence-corrected chi connectivity index (χ0v) is 13.4. The molecule has 21 heavy (non-hydrogen) atoms. The van der Waals surface area contributed by atoms with Gasteiger partial charge in [-0.2, -0.15) is 0 Å². The van der Waals surface area contributed by atoms with Crippen molar-refractivity contribution < 1.29 is 4.79 Å². The summed E-state index contributed by atoms with van der Waals surface area (Å²) in [4.78, 5) is 14.0. The predicted octanol–water partition coefficient (Wildman–Crippen LogP) is 4.08. The van der Waals surface area contributed by atoms with Gasteiger partial charge in [0.15, 0.2) is 0 Å². The highest BCUT2D eigenvalue weighted by molar-refractivity contribution is 7.17. The molecule has 0 bridgehead atoms. The molecule has 3 heteroatoms. The lowest BCUT2D eigenvalue weighted by molar-refractivity contribution is -0.126. The standard InChI is InChI=1S/C18H19NOS/c1-4-7-17(20)19(3)18(14-10-12(14)2)15-11-21-16-9-6-5-8-13(15)16/h5-6,8-9,11-12,14,18H,10H2,1-3H3. The zero-order valence-electron chi connectivity index (χ0n) is 12.6. The summed E-state index contributed by atoms with van der Waals surface area (Å²) in [5.74, 6) is 6.54. The monoisotopic (exact) mass is 297 g/mol. The largest absolute Gasteiger partial charge is 0.328 e. The summed E-state index contributed by atoms with van der Waals surface area (Å²) in [6.45, 7) is 3.97. The van der Waals surface area contributed by atoms with Crippen LogP contribution in [0.1, 0.15) is 31.9 Å². The van der Waals surface area contributed by atoms with Crippen LogP contribution in [0.5, 0.6) is 0 Å². The second-order valence-corrected chi connectivity index (χ2v) is 6.71. The Morgan fingerprint density at radius 1 is 1.43 bits per heavy atom. The van der Waals surface area contributed by atoms with Gasteiger partial charge in [0.05, 0.1) is 6.04 Å². The van der Waals surface area contributed by atoms with E-state index in [9.17, 15) is 4.79 Å². The first-order chi connectivity index (χ1) is 10.1. The van der Waals surface area contributed by atoms with E-state index in [1.807, 2.05) is 11.9 Å². The van der Waals surface area contributed by atoms with E-state index >= 15 is 0 Å². The minimum atomic E-state index is -0.0862. The van der Waals surface area contributed by atoms with Gasteiger partial charge >= 0.3 is 0 Å². The molecule has 0 saturated heterocycles. The summed E-state index contributed by atoms with van der Waals surface area (Å²) < 4.78 is 1.29. The molecular weight excluding hydrogens is 278 g/mol. The fourth-order valence-corrected chi connectivity index (χ4v) is 4.06. The number of hydrogen-bond acceptors (Lipinski definition) is 2. The molecule has 0 spiro atoms. The van der Waals surface area contributed by atoms with Gasteiger partial charge in [-0.25, -0.2) is 0 Å². The molecule has 0 radical (unpaired) electrons. The van der Waals surface area contributed by atoms with E-state index in [-0.39, 0.29) is 11.9 Å². The topological polar surface area (TPSA) is 20.3 Å². The van der Waals surface area contributed by atoms with Crippen LogP contribution in [-0.2, 0) is 4.79 Å². The minimum Gasteiger partial charge on any atom is -0.328 e. The Kier molecular flexibility index (Phi) is 3.73. The lowest BCUT2D eigenvalue weighted by Gasteiger charge is -2.27. The van der Waals surface area contributed by atoms with E-state index in [1.54, 1.807) is 18.3 Å². The Morgan fingerprint density at radius 3 is 2.81 bits per heavy atom. The van der Waals surface area contributed by atoms with Crippen LogP contribution in [0, 0.1) is 23.7 Å². The van der Waals surface area contributed by atoms with Crippen molar-refractivity contribution in [2.45, 2.75) is 26.3 Å². The van der Waals surface area contributed by atoms with E-state index in [0.29, 0.717) is 11.8 Å². The molecule has 1 fully saturated rings. The number of fused-ring (bicyclic) bond motifs is 1. The molecule has 2 aromatic rings. The Balaban J connectivity index is 2.03. The molecule has 1 aromatic heterocycles. The summed E-state index contributed by atoms with van der Waals surface area (Å²) in [6.07, 6.45) is 1.19. The minimum absolute atomic E-state index is 0.0862. The second-order valence-electron chi connectivity index (χ2n) is 5.80. The summed E-state index contributed by atoms with van der Waals surface area (Å²) in [7, 11) is 1.88. The molecule has 1 aromatic carbocycles. The molecule has 3 atom stereocenters. The van der Waals surface area contributed by atoms with Crippen LogP contribution in [0.3, 0.4) is 0 Å². The van der Waals surface area contributed by atoms with Gasteiger partial charge in [-0.3, -0.25) is 4.79 Å². The molecule has 108 valence electrons. The van der Waals surface area contributed by atoms with Crippen LogP contribution in [-0.4, -0.2) is 17.9 Å².